The molecule has 0 fully saturated rings. The molecule has 6 heteroatoms. The Labute approximate surface area is 159 Å². The number of amides is 1. The van der Waals surface area contributed by atoms with E-state index in [9.17, 15) is 4.79 Å². The molecule has 3 N–H and O–H groups in total. The second-order valence-electron chi connectivity index (χ2n) is 6.44. The summed E-state index contributed by atoms with van der Waals surface area (Å²) in [4.78, 5) is 14.6. The van der Waals surface area contributed by atoms with E-state index in [4.69, 9.17) is 5.73 Å². The van der Waals surface area contributed by atoms with Gasteiger partial charge in [-0.15, -0.1) is 24.8 Å². The number of rotatable bonds is 8. The van der Waals surface area contributed by atoms with Crippen LogP contribution < -0.4 is 11.1 Å². The Morgan fingerprint density at radius 1 is 1.04 bits per heavy atom. The first-order chi connectivity index (χ1) is 10.3. The Balaban J connectivity index is 0. The summed E-state index contributed by atoms with van der Waals surface area (Å²) in [6.45, 7) is 12.1. The van der Waals surface area contributed by atoms with E-state index >= 15 is 0 Å². The Bertz CT molecular complexity index is 447. The summed E-state index contributed by atoms with van der Waals surface area (Å²) < 4.78 is 0. The van der Waals surface area contributed by atoms with Gasteiger partial charge in [0.05, 0.1) is 5.92 Å². The lowest BCUT2D eigenvalue weighted by molar-refractivity contribution is -0.125. The fraction of sp³-hybridized carbons (Fsp3) is 0.611. The highest BCUT2D eigenvalue weighted by Crippen LogP contribution is 2.18. The molecule has 0 aliphatic carbocycles. The molecule has 0 aliphatic heterocycles. The van der Waals surface area contributed by atoms with Gasteiger partial charge in [-0.25, -0.2) is 0 Å². The number of carbonyl (C=O) groups excluding carboxylic acids is 1. The number of hydrogen-bond donors (Lipinski definition) is 2. The number of carbonyl (C=O) groups is 1. The number of halogens is 2. The van der Waals surface area contributed by atoms with E-state index in [0.29, 0.717) is 18.6 Å². The van der Waals surface area contributed by atoms with Crippen LogP contribution in [0.25, 0.3) is 0 Å². The van der Waals surface area contributed by atoms with Crippen LogP contribution in [0.5, 0.6) is 0 Å². The van der Waals surface area contributed by atoms with Crippen molar-refractivity contribution in [3.63, 3.8) is 0 Å². The van der Waals surface area contributed by atoms with E-state index < -0.39 is 0 Å². The van der Waals surface area contributed by atoms with Crippen molar-refractivity contribution in [2.24, 2.45) is 11.7 Å². The minimum Gasteiger partial charge on any atom is -0.355 e. The monoisotopic (exact) mass is 377 g/mol. The molecule has 1 aromatic rings. The van der Waals surface area contributed by atoms with Crippen LogP contribution in [0.15, 0.2) is 30.3 Å². The summed E-state index contributed by atoms with van der Waals surface area (Å²) in [5.74, 6) is -0.224. The second kappa shape index (κ2) is 12.5. The van der Waals surface area contributed by atoms with Crippen LogP contribution in [0.1, 0.15) is 46.2 Å². The molecule has 0 radical (unpaired) electrons. The number of nitrogens with two attached hydrogens (primary N) is 1. The molecule has 0 saturated carbocycles. The third-order valence-corrected chi connectivity index (χ3v) is 4.13. The number of nitrogens with zero attached hydrogens (tertiary/aromatic N) is 1. The van der Waals surface area contributed by atoms with Gasteiger partial charge >= 0.3 is 0 Å². The molecule has 2 atom stereocenters. The lowest BCUT2D eigenvalue weighted by atomic mass is 9.95. The highest BCUT2D eigenvalue weighted by atomic mass is 35.5. The average molecular weight is 378 g/mol. The van der Waals surface area contributed by atoms with Crippen molar-refractivity contribution in [2.45, 2.75) is 52.7 Å². The molecular weight excluding hydrogens is 345 g/mol. The predicted octanol–water partition coefficient (Wildman–Crippen LogP) is 3.40. The van der Waals surface area contributed by atoms with Crippen LogP contribution in [0.2, 0.25) is 0 Å². The Kier molecular flexibility index (Phi) is 13.3. The van der Waals surface area contributed by atoms with E-state index in [1.165, 1.54) is 0 Å². The van der Waals surface area contributed by atoms with Crippen LogP contribution >= 0.6 is 24.8 Å². The van der Waals surface area contributed by atoms with E-state index in [2.05, 4.69) is 37.9 Å². The maximum Gasteiger partial charge on any atom is 0.224 e. The maximum atomic E-state index is 12.3. The first kappa shape index (κ1) is 25.4. The van der Waals surface area contributed by atoms with Gasteiger partial charge in [-0.05, 0) is 33.3 Å². The summed E-state index contributed by atoms with van der Waals surface area (Å²) in [6, 6.07) is 10.5. The summed E-state index contributed by atoms with van der Waals surface area (Å²) in [7, 11) is 0. The molecule has 1 amide bonds. The molecule has 0 aliphatic rings. The van der Waals surface area contributed by atoms with Crippen molar-refractivity contribution in [2.75, 3.05) is 13.1 Å². The first-order valence-electron chi connectivity index (χ1n) is 8.18. The Hall–Kier alpha value is -0.810. The van der Waals surface area contributed by atoms with Gasteiger partial charge in [-0.1, -0.05) is 37.3 Å². The maximum absolute atomic E-state index is 12.3. The smallest absolute Gasteiger partial charge is 0.224 e. The van der Waals surface area contributed by atoms with Crippen LogP contribution in [0.3, 0.4) is 0 Å². The minimum atomic E-state index is -0.271. The van der Waals surface area contributed by atoms with Gasteiger partial charge in [-0.2, -0.15) is 0 Å². The van der Waals surface area contributed by atoms with Crippen molar-refractivity contribution < 1.29 is 4.79 Å². The van der Waals surface area contributed by atoms with E-state index in [1.807, 2.05) is 37.3 Å². The quantitative estimate of drug-likeness (QED) is 0.729. The molecule has 140 valence electrons. The lowest BCUT2D eigenvalue weighted by Crippen LogP contribution is -2.44. The van der Waals surface area contributed by atoms with Crippen LogP contribution in [-0.4, -0.2) is 36.0 Å². The SMILES string of the molecule is CC(C(=O)NCCN(C(C)C)C(C)C)C(N)c1ccccc1.Cl.Cl. The molecule has 2 unspecified atom stereocenters. The third-order valence-electron chi connectivity index (χ3n) is 4.13. The minimum absolute atomic E-state index is 0. The highest BCUT2D eigenvalue weighted by molar-refractivity contribution is 5.85. The molecular formula is C18H33Cl2N3O. The van der Waals surface area contributed by atoms with Crippen molar-refractivity contribution >= 4 is 30.7 Å². The fourth-order valence-corrected chi connectivity index (χ4v) is 2.71. The summed E-state index contributed by atoms with van der Waals surface area (Å²) in [5.41, 5.74) is 7.19. The molecule has 1 rings (SSSR count). The molecule has 0 bridgehead atoms. The van der Waals surface area contributed by atoms with Gasteiger partial charge in [-0.3, -0.25) is 9.69 Å². The Morgan fingerprint density at radius 2 is 1.54 bits per heavy atom. The van der Waals surface area contributed by atoms with Gasteiger partial charge in [0.2, 0.25) is 5.91 Å². The van der Waals surface area contributed by atoms with Crippen LogP contribution in [0.4, 0.5) is 0 Å². The van der Waals surface area contributed by atoms with Gasteiger partial charge in [0.15, 0.2) is 0 Å². The van der Waals surface area contributed by atoms with E-state index in [0.717, 1.165) is 12.1 Å². The van der Waals surface area contributed by atoms with Crippen molar-refractivity contribution in [3.05, 3.63) is 35.9 Å². The molecule has 0 saturated heterocycles. The molecule has 0 aromatic heterocycles. The largest absolute Gasteiger partial charge is 0.355 e. The number of nitrogens with one attached hydrogen (secondary N) is 1. The predicted molar refractivity (Wildman–Crippen MR) is 107 cm³/mol. The zero-order valence-corrected chi connectivity index (χ0v) is 17.0. The number of hydrogen-bond acceptors (Lipinski definition) is 3. The Morgan fingerprint density at radius 3 is 2.00 bits per heavy atom. The standard InChI is InChI=1S/C18H31N3O.2ClH/c1-13(2)21(14(3)4)12-11-20-18(22)15(5)17(19)16-9-7-6-8-10-16;;/h6-10,13-15,17H,11-12,19H2,1-5H3,(H,20,22);2*1H. The van der Waals surface area contributed by atoms with Gasteiger partial charge in [0.25, 0.3) is 0 Å². The van der Waals surface area contributed by atoms with Crippen molar-refractivity contribution in [1.29, 1.82) is 0 Å². The topological polar surface area (TPSA) is 58.4 Å². The summed E-state index contributed by atoms with van der Waals surface area (Å²) >= 11 is 0. The zero-order chi connectivity index (χ0) is 16.7. The summed E-state index contributed by atoms with van der Waals surface area (Å²) in [5, 5.41) is 3.01. The zero-order valence-electron chi connectivity index (χ0n) is 15.4. The summed E-state index contributed by atoms with van der Waals surface area (Å²) in [6.07, 6.45) is 0. The van der Waals surface area contributed by atoms with Crippen molar-refractivity contribution in [1.82, 2.24) is 10.2 Å². The van der Waals surface area contributed by atoms with Gasteiger partial charge in [0, 0.05) is 31.2 Å². The molecule has 0 spiro atoms. The molecule has 0 heterocycles. The second-order valence-corrected chi connectivity index (χ2v) is 6.44. The van der Waals surface area contributed by atoms with Crippen LogP contribution in [0, 0.1) is 5.92 Å². The fourth-order valence-electron chi connectivity index (χ4n) is 2.71. The van der Waals surface area contributed by atoms with Crippen LogP contribution in [-0.2, 0) is 4.79 Å². The van der Waals surface area contributed by atoms with E-state index in [1.54, 1.807) is 0 Å². The average Bonchev–Trinajstić information content (AvgIpc) is 2.49. The van der Waals surface area contributed by atoms with E-state index in [-0.39, 0.29) is 42.7 Å². The normalized spacial score (nSPS) is 13.2. The molecule has 4 nitrogen and oxygen atoms in total. The van der Waals surface area contributed by atoms with Gasteiger partial charge in [0.1, 0.15) is 0 Å². The molecule has 1 aromatic carbocycles. The van der Waals surface area contributed by atoms with Gasteiger partial charge < -0.3 is 11.1 Å². The molecule has 24 heavy (non-hydrogen) atoms. The highest BCUT2D eigenvalue weighted by Gasteiger charge is 2.22. The first-order valence-corrected chi connectivity index (χ1v) is 8.18. The van der Waals surface area contributed by atoms with Crippen molar-refractivity contribution in [3.8, 4) is 0 Å². The third kappa shape index (κ3) is 7.84. The lowest BCUT2D eigenvalue weighted by Gasteiger charge is -2.30. The number of benzene rings is 1.